The molecule has 0 aliphatic carbocycles. The van der Waals surface area contributed by atoms with Gasteiger partial charge in [-0.1, -0.05) is 25.6 Å². The van der Waals surface area contributed by atoms with E-state index in [1.54, 1.807) is 43.8 Å². The fraction of sp³-hybridized carbons (Fsp3) is 0.353. The van der Waals surface area contributed by atoms with Gasteiger partial charge in [-0.05, 0) is 12.1 Å². The molecule has 8 nitrogen and oxygen atoms in total. The zero-order valence-electron chi connectivity index (χ0n) is 14.5. The van der Waals surface area contributed by atoms with E-state index in [1.807, 2.05) is 12.1 Å². The first kappa shape index (κ1) is 19.3. The maximum atomic E-state index is 12.1. The van der Waals surface area contributed by atoms with E-state index in [2.05, 4.69) is 10.6 Å². The standard InChI is InChI=1S/C17H17N5O3S/c1-17(2)10(7-18)14(24)21-16(11(17)8-19)26-9-13(23)20-15(25)12-5-4-6-22(12)3/h4-6,10H,9H2,1-3H3,(H,21,24)(H,20,23,25)/t10-/m0/s1. The van der Waals surface area contributed by atoms with Gasteiger partial charge in [0.2, 0.25) is 11.8 Å². The van der Waals surface area contributed by atoms with Gasteiger partial charge in [-0.3, -0.25) is 19.7 Å². The Morgan fingerprint density at radius 1 is 1.42 bits per heavy atom. The van der Waals surface area contributed by atoms with Crippen LogP contribution in [0, 0.1) is 34.0 Å². The lowest BCUT2D eigenvalue weighted by atomic mass is 9.72. The third-order valence-corrected chi connectivity index (χ3v) is 5.11. The Morgan fingerprint density at radius 3 is 2.65 bits per heavy atom. The van der Waals surface area contributed by atoms with Crippen molar-refractivity contribution in [2.75, 3.05) is 5.75 Å². The number of carbonyl (C=O) groups is 3. The number of hydrogen-bond acceptors (Lipinski definition) is 6. The van der Waals surface area contributed by atoms with Crippen LogP contribution in [0.5, 0.6) is 0 Å². The number of aryl methyl sites for hydroxylation is 1. The number of nitriles is 2. The highest BCUT2D eigenvalue weighted by atomic mass is 32.2. The van der Waals surface area contributed by atoms with Crippen LogP contribution < -0.4 is 10.6 Å². The van der Waals surface area contributed by atoms with Crippen molar-refractivity contribution < 1.29 is 14.4 Å². The van der Waals surface area contributed by atoms with Crippen molar-refractivity contribution in [2.45, 2.75) is 13.8 Å². The summed E-state index contributed by atoms with van der Waals surface area (Å²) in [5, 5.41) is 23.6. The fourth-order valence-corrected chi connectivity index (χ4v) is 3.57. The number of thioether (sulfide) groups is 1. The maximum absolute atomic E-state index is 12.1. The summed E-state index contributed by atoms with van der Waals surface area (Å²) >= 11 is 0.945. The van der Waals surface area contributed by atoms with Crippen molar-refractivity contribution in [3.63, 3.8) is 0 Å². The van der Waals surface area contributed by atoms with E-state index in [1.165, 1.54) is 0 Å². The summed E-state index contributed by atoms with van der Waals surface area (Å²) in [7, 11) is 1.68. The van der Waals surface area contributed by atoms with Gasteiger partial charge in [-0.2, -0.15) is 10.5 Å². The lowest BCUT2D eigenvalue weighted by molar-refractivity contribution is -0.125. The molecule has 1 atom stereocenters. The molecule has 1 aromatic rings. The SMILES string of the molecule is Cn1cccc1C(=O)NC(=O)CSC1=C(C#N)C(C)(C)[C@@H](C#N)C(=O)N1. The number of hydrogen-bond donors (Lipinski definition) is 2. The minimum absolute atomic E-state index is 0.162. The van der Waals surface area contributed by atoms with Crippen LogP contribution in [0.25, 0.3) is 0 Å². The van der Waals surface area contributed by atoms with Gasteiger partial charge in [0.25, 0.3) is 5.91 Å². The molecule has 2 N–H and O–H groups in total. The number of carbonyl (C=O) groups excluding carboxylic acids is 3. The largest absolute Gasteiger partial charge is 0.347 e. The van der Waals surface area contributed by atoms with Gasteiger partial charge in [-0.15, -0.1) is 0 Å². The van der Waals surface area contributed by atoms with Crippen LogP contribution in [0.2, 0.25) is 0 Å². The summed E-state index contributed by atoms with van der Waals surface area (Å²) in [6.45, 7) is 3.27. The Bertz CT molecular complexity index is 885. The van der Waals surface area contributed by atoms with Crippen LogP contribution in [0.15, 0.2) is 28.9 Å². The number of amides is 3. The smallest absolute Gasteiger partial charge is 0.274 e. The molecule has 26 heavy (non-hydrogen) atoms. The van der Waals surface area contributed by atoms with Gasteiger partial charge in [0.05, 0.1) is 28.5 Å². The van der Waals surface area contributed by atoms with Crippen LogP contribution in [-0.2, 0) is 16.6 Å². The fourth-order valence-electron chi connectivity index (χ4n) is 2.60. The molecule has 2 heterocycles. The van der Waals surface area contributed by atoms with Gasteiger partial charge >= 0.3 is 0 Å². The third-order valence-electron chi connectivity index (χ3n) is 4.11. The van der Waals surface area contributed by atoms with E-state index in [4.69, 9.17) is 0 Å². The first-order valence-electron chi connectivity index (χ1n) is 7.66. The number of allylic oxidation sites excluding steroid dienone is 1. The van der Waals surface area contributed by atoms with Crippen molar-refractivity contribution in [1.82, 2.24) is 15.2 Å². The van der Waals surface area contributed by atoms with Crippen LogP contribution in [0.4, 0.5) is 0 Å². The molecule has 0 bridgehead atoms. The highest BCUT2D eigenvalue weighted by molar-refractivity contribution is 8.03. The second kappa shape index (κ2) is 7.46. The van der Waals surface area contributed by atoms with Crippen LogP contribution >= 0.6 is 11.8 Å². The van der Waals surface area contributed by atoms with Crippen molar-refractivity contribution in [1.29, 1.82) is 10.5 Å². The minimum Gasteiger partial charge on any atom is -0.347 e. The molecular formula is C17H17N5O3S. The van der Waals surface area contributed by atoms with Gasteiger partial charge in [0.1, 0.15) is 11.6 Å². The van der Waals surface area contributed by atoms with Gasteiger partial charge in [0, 0.05) is 18.7 Å². The molecule has 3 amide bonds. The second-order valence-corrected chi connectivity index (χ2v) is 7.24. The molecule has 0 aromatic carbocycles. The molecule has 0 saturated carbocycles. The Morgan fingerprint density at radius 2 is 2.12 bits per heavy atom. The van der Waals surface area contributed by atoms with Gasteiger partial charge in [0.15, 0.2) is 0 Å². The molecule has 2 rings (SSSR count). The van der Waals surface area contributed by atoms with Crippen LogP contribution in [-0.4, -0.2) is 28.0 Å². The Hall–Kier alpha value is -3.04. The molecule has 0 saturated heterocycles. The van der Waals surface area contributed by atoms with Crippen molar-refractivity contribution in [3.05, 3.63) is 34.6 Å². The number of nitrogens with zero attached hydrogens (tertiary/aromatic N) is 3. The van der Waals surface area contributed by atoms with Crippen LogP contribution in [0.3, 0.4) is 0 Å². The Balaban J connectivity index is 2.09. The van der Waals surface area contributed by atoms with E-state index < -0.39 is 29.1 Å². The van der Waals surface area contributed by atoms with E-state index in [9.17, 15) is 24.9 Å². The third kappa shape index (κ3) is 3.63. The molecule has 0 radical (unpaired) electrons. The molecule has 0 spiro atoms. The molecule has 0 fully saturated rings. The normalized spacial score (nSPS) is 18.5. The van der Waals surface area contributed by atoms with E-state index in [-0.39, 0.29) is 16.4 Å². The highest BCUT2D eigenvalue weighted by Crippen LogP contribution is 2.41. The lowest BCUT2D eigenvalue weighted by Gasteiger charge is -2.34. The molecule has 1 aliphatic heterocycles. The first-order valence-corrected chi connectivity index (χ1v) is 8.64. The van der Waals surface area contributed by atoms with Crippen LogP contribution in [0.1, 0.15) is 24.3 Å². The average Bonchev–Trinajstić information content (AvgIpc) is 2.98. The monoisotopic (exact) mass is 371 g/mol. The van der Waals surface area contributed by atoms with Gasteiger partial charge < -0.3 is 9.88 Å². The summed E-state index contributed by atoms with van der Waals surface area (Å²) in [6, 6.07) is 7.19. The van der Waals surface area contributed by atoms with Gasteiger partial charge in [-0.25, -0.2) is 0 Å². The quantitative estimate of drug-likeness (QED) is 0.814. The summed E-state index contributed by atoms with van der Waals surface area (Å²) < 4.78 is 1.58. The zero-order valence-corrected chi connectivity index (χ0v) is 15.3. The summed E-state index contributed by atoms with van der Waals surface area (Å²) in [5.41, 5.74) is -0.400. The lowest BCUT2D eigenvalue weighted by Crippen LogP contribution is -2.44. The second-order valence-electron chi connectivity index (χ2n) is 6.26. The summed E-state index contributed by atoms with van der Waals surface area (Å²) in [4.78, 5) is 36.1. The molecule has 1 aliphatic rings. The number of imide groups is 1. The first-order chi connectivity index (χ1) is 12.2. The van der Waals surface area contributed by atoms with Crippen molar-refractivity contribution in [2.24, 2.45) is 18.4 Å². The molecule has 0 unspecified atom stereocenters. The van der Waals surface area contributed by atoms with E-state index >= 15 is 0 Å². The zero-order chi connectivity index (χ0) is 19.5. The van der Waals surface area contributed by atoms with E-state index in [0.29, 0.717) is 5.69 Å². The van der Waals surface area contributed by atoms with Crippen molar-refractivity contribution in [3.8, 4) is 12.1 Å². The summed E-state index contributed by atoms with van der Waals surface area (Å²) in [5.74, 6) is -2.76. The predicted octanol–water partition coefficient (Wildman–Crippen LogP) is 1.05. The molecule has 134 valence electrons. The minimum atomic E-state index is -0.991. The maximum Gasteiger partial charge on any atom is 0.274 e. The number of rotatable bonds is 4. The Kier molecular flexibility index (Phi) is 5.53. The molecule has 9 heteroatoms. The predicted molar refractivity (Wildman–Crippen MR) is 94.0 cm³/mol. The number of aromatic nitrogens is 1. The topological polar surface area (TPSA) is 128 Å². The van der Waals surface area contributed by atoms with Crippen molar-refractivity contribution >= 4 is 29.5 Å². The Labute approximate surface area is 154 Å². The molecule has 1 aromatic heterocycles. The summed E-state index contributed by atoms with van der Waals surface area (Å²) in [6.07, 6.45) is 1.68. The number of nitrogens with one attached hydrogen (secondary N) is 2. The average molecular weight is 371 g/mol. The highest BCUT2D eigenvalue weighted by Gasteiger charge is 2.44. The van der Waals surface area contributed by atoms with E-state index in [0.717, 1.165) is 11.8 Å². The molecular weight excluding hydrogens is 354 g/mol.